The molecule has 9 heteroatoms. The first kappa shape index (κ1) is 20.0. The summed E-state index contributed by atoms with van der Waals surface area (Å²) in [4.78, 5) is 25.1. The predicted octanol–water partition coefficient (Wildman–Crippen LogP) is 2.73. The van der Waals surface area contributed by atoms with E-state index in [-0.39, 0.29) is 17.5 Å². The lowest BCUT2D eigenvalue weighted by molar-refractivity contribution is -0.119. The predicted molar refractivity (Wildman–Crippen MR) is 100 cm³/mol. The lowest BCUT2D eigenvalue weighted by Gasteiger charge is -2.15. The van der Waals surface area contributed by atoms with Crippen LogP contribution >= 0.6 is 11.6 Å². The monoisotopic (exact) mass is 380 g/mol. The smallest absolute Gasteiger partial charge is 0.273 e. The summed E-state index contributed by atoms with van der Waals surface area (Å²) in [7, 11) is 0. The maximum Gasteiger partial charge on any atom is 0.273 e. The van der Waals surface area contributed by atoms with Gasteiger partial charge in [-0.25, -0.2) is 0 Å². The van der Waals surface area contributed by atoms with E-state index >= 15 is 0 Å². The largest absolute Gasteiger partial charge is 0.350 e. The standard InChI is InChI=1S/C17H25ClN6O2/c1-5-14(24-9-12(18)8-20-24)16(25)21-13-10-23(6-2)22-15(13)17(26)19-7-11(3)4/h8-11,14H,5-7H2,1-4H3,(H,19,26)(H,21,25). The molecule has 142 valence electrons. The Balaban J connectivity index is 2.20. The van der Waals surface area contributed by atoms with E-state index in [4.69, 9.17) is 11.6 Å². The van der Waals surface area contributed by atoms with Gasteiger partial charge < -0.3 is 10.6 Å². The van der Waals surface area contributed by atoms with Crippen LogP contribution in [0.4, 0.5) is 5.69 Å². The Bertz CT molecular complexity index is 767. The van der Waals surface area contributed by atoms with E-state index in [0.29, 0.717) is 36.1 Å². The van der Waals surface area contributed by atoms with Crippen molar-refractivity contribution < 1.29 is 9.59 Å². The van der Waals surface area contributed by atoms with E-state index in [9.17, 15) is 9.59 Å². The third-order valence-corrected chi connectivity index (χ3v) is 4.00. The van der Waals surface area contributed by atoms with Crippen LogP contribution in [0.1, 0.15) is 50.6 Å². The van der Waals surface area contributed by atoms with E-state index in [1.165, 1.54) is 10.9 Å². The number of carbonyl (C=O) groups is 2. The van der Waals surface area contributed by atoms with E-state index in [2.05, 4.69) is 20.8 Å². The van der Waals surface area contributed by atoms with Gasteiger partial charge in [0.05, 0.1) is 16.9 Å². The summed E-state index contributed by atoms with van der Waals surface area (Å²) in [5.74, 6) is -0.267. The minimum absolute atomic E-state index is 0.203. The third kappa shape index (κ3) is 4.85. The van der Waals surface area contributed by atoms with Crippen LogP contribution in [0.25, 0.3) is 0 Å². The normalized spacial score (nSPS) is 12.2. The molecule has 0 saturated carbocycles. The first-order chi connectivity index (χ1) is 12.3. The second-order valence-corrected chi connectivity index (χ2v) is 6.84. The molecule has 0 aliphatic heterocycles. The highest BCUT2D eigenvalue weighted by Crippen LogP contribution is 2.19. The quantitative estimate of drug-likeness (QED) is 0.736. The molecular weight excluding hydrogens is 356 g/mol. The Hall–Kier alpha value is -2.35. The lowest BCUT2D eigenvalue weighted by Crippen LogP contribution is -2.30. The average molecular weight is 381 g/mol. The number of aryl methyl sites for hydroxylation is 1. The summed E-state index contributed by atoms with van der Waals surface area (Å²) in [6.45, 7) is 8.94. The SMILES string of the molecule is CCC(C(=O)Nc1cn(CC)nc1C(=O)NCC(C)C)n1cc(Cl)cn1. The van der Waals surface area contributed by atoms with Gasteiger partial charge in [-0.05, 0) is 19.3 Å². The highest BCUT2D eigenvalue weighted by molar-refractivity contribution is 6.30. The molecule has 26 heavy (non-hydrogen) atoms. The number of anilines is 1. The van der Waals surface area contributed by atoms with Crippen LogP contribution in [0.3, 0.4) is 0 Å². The number of amides is 2. The van der Waals surface area contributed by atoms with Gasteiger partial charge in [0.2, 0.25) is 5.91 Å². The molecule has 0 saturated heterocycles. The van der Waals surface area contributed by atoms with Crippen LogP contribution in [0.5, 0.6) is 0 Å². The Morgan fingerprint density at radius 2 is 2.00 bits per heavy atom. The van der Waals surface area contributed by atoms with Crippen LogP contribution in [0.2, 0.25) is 5.02 Å². The van der Waals surface area contributed by atoms with Crippen molar-refractivity contribution in [3.05, 3.63) is 29.3 Å². The van der Waals surface area contributed by atoms with Gasteiger partial charge in [0.25, 0.3) is 5.91 Å². The van der Waals surface area contributed by atoms with Crippen molar-refractivity contribution in [1.29, 1.82) is 0 Å². The lowest BCUT2D eigenvalue weighted by atomic mass is 10.2. The zero-order valence-corrected chi connectivity index (χ0v) is 16.2. The molecule has 0 bridgehead atoms. The summed E-state index contributed by atoms with van der Waals surface area (Å²) in [6.07, 6.45) is 5.27. The van der Waals surface area contributed by atoms with Gasteiger partial charge in [0.1, 0.15) is 6.04 Å². The van der Waals surface area contributed by atoms with E-state index in [1.54, 1.807) is 17.1 Å². The Labute approximate surface area is 157 Å². The van der Waals surface area contributed by atoms with Gasteiger partial charge in [-0.2, -0.15) is 10.2 Å². The molecule has 2 rings (SSSR count). The second-order valence-electron chi connectivity index (χ2n) is 6.40. The second kappa shape index (κ2) is 8.84. The number of carbonyl (C=O) groups excluding carboxylic acids is 2. The average Bonchev–Trinajstić information content (AvgIpc) is 3.19. The molecule has 0 radical (unpaired) electrons. The van der Waals surface area contributed by atoms with Gasteiger partial charge in [-0.3, -0.25) is 19.0 Å². The van der Waals surface area contributed by atoms with Crippen LogP contribution in [-0.4, -0.2) is 37.9 Å². The maximum absolute atomic E-state index is 12.7. The van der Waals surface area contributed by atoms with Crippen molar-refractivity contribution in [1.82, 2.24) is 24.9 Å². The van der Waals surface area contributed by atoms with Crippen molar-refractivity contribution >= 4 is 29.1 Å². The number of nitrogens with zero attached hydrogens (tertiary/aromatic N) is 4. The third-order valence-electron chi connectivity index (χ3n) is 3.81. The van der Waals surface area contributed by atoms with Crippen molar-refractivity contribution in [2.24, 2.45) is 5.92 Å². The maximum atomic E-state index is 12.7. The summed E-state index contributed by atoms with van der Waals surface area (Å²) in [6, 6.07) is -0.529. The first-order valence-electron chi connectivity index (χ1n) is 8.71. The molecule has 2 aromatic heterocycles. The first-order valence-corrected chi connectivity index (χ1v) is 9.09. The zero-order chi connectivity index (χ0) is 19.3. The molecule has 0 aromatic carbocycles. The molecule has 8 nitrogen and oxygen atoms in total. The molecule has 2 N–H and O–H groups in total. The van der Waals surface area contributed by atoms with Crippen LogP contribution in [0, 0.1) is 5.92 Å². The molecular formula is C17H25ClN6O2. The number of hydrogen-bond donors (Lipinski definition) is 2. The number of aromatic nitrogens is 4. The summed E-state index contributed by atoms with van der Waals surface area (Å²) in [5.41, 5.74) is 0.587. The summed E-state index contributed by atoms with van der Waals surface area (Å²) < 4.78 is 3.13. The van der Waals surface area contributed by atoms with Crippen molar-refractivity contribution in [2.45, 2.75) is 46.7 Å². The van der Waals surface area contributed by atoms with E-state index in [1.807, 2.05) is 27.7 Å². The zero-order valence-electron chi connectivity index (χ0n) is 15.5. The highest BCUT2D eigenvalue weighted by atomic mass is 35.5. The van der Waals surface area contributed by atoms with Gasteiger partial charge >= 0.3 is 0 Å². The van der Waals surface area contributed by atoms with Crippen LogP contribution < -0.4 is 10.6 Å². The molecule has 2 aromatic rings. The van der Waals surface area contributed by atoms with Crippen molar-refractivity contribution in [3.63, 3.8) is 0 Å². The molecule has 0 fully saturated rings. The highest BCUT2D eigenvalue weighted by Gasteiger charge is 2.24. The van der Waals surface area contributed by atoms with Crippen molar-refractivity contribution in [2.75, 3.05) is 11.9 Å². The number of halogens is 1. The number of hydrogen-bond acceptors (Lipinski definition) is 4. The fourth-order valence-electron chi connectivity index (χ4n) is 2.42. The molecule has 0 spiro atoms. The van der Waals surface area contributed by atoms with Gasteiger partial charge in [0, 0.05) is 25.5 Å². The minimum atomic E-state index is -0.529. The van der Waals surface area contributed by atoms with Gasteiger partial charge in [-0.15, -0.1) is 0 Å². The fraction of sp³-hybridized carbons (Fsp3) is 0.529. The van der Waals surface area contributed by atoms with E-state index in [0.717, 1.165) is 0 Å². The Kier molecular flexibility index (Phi) is 6.79. The number of rotatable bonds is 8. The summed E-state index contributed by atoms with van der Waals surface area (Å²) >= 11 is 5.89. The Morgan fingerprint density at radius 1 is 1.27 bits per heavy atom. The molecule has 1 unspecified atom stereocenters. The van der Waals surface area contributed by atoms with Gasteiger partial charge in [0.15, 0.2) is 5.69 Å². The molecule has 1 atom stereocenters. The fourth-order valence-corrected chi connectivity index (χ4v) is 2.56. The topological polar surface area (TPSA) is 93.8 Å². The molecule has 2 heterocycles. The Morgan fingerprint density at radius 3 is 2.54 bits per heavy atom. The van der Waals surface area contributed by atoms with Crippen LogP contribution in [-0.2, 0) is 11.3 Å². The molecule has 2 amide bonds. The number of nitrogens with one attached hydrogen (secondary N) is 2. The van der Waals surface area contributed by atoms with E-state index < -0.39 is 6.04 Å². The molecule has 0 aliphatic rings. The summed E-state index contributed by atoms with van der Waals surface area (Å²) in [5, 5.41) is 14.5. The van der Waals surface area contributed by atoms with Crippen molar-refractivity contribution in [3.8, 4) is 0 Å². The van der Waals surface area contributed by atoms with Gasteiger partial charge in [-0.1, -0.05) is 32.4 Å². The molecule has 0 aliphatic carbocycles. The minimum Gasteiger partial charge on any atom is -0.350 e. The van der Waals surface area contributed by atoms with Crippen LogP contribution in [0.15, 0.2) is 18.6 Å².